The molecule has 2 aromatic carbocycles. The first-order valence-electron chi connectivity index (χ1n) is 7.03. The molecule has 0 fully saturated rings. The van der Waals surface area contributed by atoms with E-state index >= 15 is 0 Å². The number of nitrogen functional groups attached to an aromatic ring is 1. The van der Waals surface area contributed by atoms with Gasteiger partial charge in [0.15, 0.2) is 0 Å². The zero-order valence-corrected chi connectivity index (χ0v) is 13.1. The molecule has 4 nitrogen and oxygen atoms in total. The van der Waals surface area contributed by atoms with Crippen LogP contribution in [0.2, 0.25) is 5.02 Å². The van der Waals surface area contributed by atoms with Gasteiger partial charge in [0.2, 0.25) is 11.8 Å². The van der Waals surface area contributed by atoms with Crippen molar-refractivity contribution in [2.45, 2.75) is 20.0 Å². The predicted molar refractivity (Wildman–Crippen MR) is 90.2 cm³/mol. The smallest absolute Gasteiger partial charge is 0.226 e. The summed E-state index contributed by atoms with van der Waals surface area (Å²) in [6, 6.07) is 13.6. The fourth-order valence-electron chi connectivity index (χ4n) is 2.25. The minimum atomic E-state index is 0.0108. The first-order valence-corrected chi connectivity index (χ1v) is 7.40. The Labute approximate surface area is 133 Å². The number of nitrogens with two attached hydrogens (primary N) is 1. The van der Waals surface area contributed by atoms with E-state index in [1.807, 2.05) is 56.3 Å². The first kappa shape index (κ1) is 14.6. The number of hydrogen-bond acceptors (Lipinski definition) is 4. The van der Waals surface area contributed by atoms with Gasteiger partial charge in [-0.1, -0.05) is 29.8 Å². The van der Waals surface area contributed by atoms with Crippen molar-refractivity contribution in [1.82, 2.24) is 9.97 Å². The average molecular weight is 314 g/mol. The molecule has 0 amide bonds. The molecule has 0 saturated heterocycles. The molecule has 0 bridgehead atoms. The highest BCUT2D eigenvalue weighted by Crippen LogP contribution is 2.30. The van der Waals surface area contributed by atoms with E-state index in [0.717, 1.165) is 22.0 Å². The first-order chi connectivity index (χ1) is 10.5. The summed E-state index contributed by atoms with van der Waals surface area (Å²) in [7, 11) is 0. The van der Waals surface area contributed by atoms with Crippen LogP contribution in [0.4, 0.5) is 5.95 Å². The topological polar surface area (TPSA) is 61.0 Å². The molecular weight excluding hydrogens is 298 g/mol. The third kappa shape index (κ3) is 2.97. The van der Waals surface area contributed by atoms with Crippen molar-refractivity contribution in [3.05, 3.63) is 47.5 Å². The van der Waals surface area contributed by atoms with Gasteiger partial charge < -0.3 is 10.5 Å². The van der Waals surface area contributed by atoms with Crippen molar-refractivity contribution in [3.8, 4) is 17.0 Å². The van der Waals surface area contributed by atoms with Crippen LogP contribution in [0.5, 0.6) is 5.88 Å². The summed E-state index contributed by atoms with van der Waals surface area (Å²) in [5.41, 5.74) is 8.63. The maximum Gasteiger partial charge on any atom is 0.226 e. The Kier molecular flexibility index (Phi) is 3.86. The van der Waals surface area contributed by atoms with Crippen molar-refractivity contribution < 1.29 is 4.74 Å². The average Bonchev–Trinajstić information content (AvgIpc) is 2.47. The molecule has 112 valence electrons. The van der Waals surface area contributed by atoms with Crippen LogP contribution in [-0.4, -0.2) is 16.1 Å². The molecule has 5 heteroatoms. The molecule has 0 atom stereocenters. The molecule has 0 spiro atoms. The van der Waals surface area contributed by atoms with Crippen LogP contribution in [0.3, 0.4) is 0 Å². The van der Waals surface area contributed by atoms with Gasteiger partial charge in [0.05, 0.1) is 17.0 Å². The highest BCUT2D eigenvalue weighted by atomic mass is 35.5. The van der Waals surface area contributed by atoms with Crippen LogP contribution in [0, 0.1) is 0 Å². The monoisotopic (exact) mass is 313 g/mol. The molecule has 0 unspecified atom stereocenters. The molecule has 0 aliphatic heterocycles. The van der Waals surface area contributed by atoms with Gasteiger partial charge in [-0.15, -0.1) is 0 Å². The number of anilines is 1. The zero-order valence-electron chi connectivity index (χ0n) is 12.4. The van der Waals surface area contributed by atoms with E-state index in [9.17, 15) is 0 Å². The molecule has 1 aromatic heterocycles. The van der Waals surface area contributed by atoms with Crippen LogP contribution in [0.25, 0.3) is 22.0 Å². The Hall–Kier alpha value is -2.33. The quantitative estimate of drug-likeness (QED) is 0.782. The van der Waals surface area contributed by atoms with Gasteiger partial charge in [0.25, 0.3) is 0 Å². The van der Waals surface area contributed by atoms with E-state index in [0.29, 0.717) is 10.9 Å². The maximum absolute atomic E-state index is 5.94. The van der Waals surface area contributed by atoms with Crippen molar-refractivity contribution in [2.24, 2.45) is 0 Å². The van der Waals surface area contributed by atoms with Gasteiger partial charge in [-0.05, 0) is 49.2 Å². The van der Waals surface area contributed by atoms with E-state index in [4.69, 9.17) is 22.1 Å². The van der Waals surface area contributed by atoms with Crippen molar-refractivity contribution in [1.29, 1.82) is 0 Å². The normalized spacial score (nSPS) is 11.1. The number of aromatic nitrogens is 2. The van der Waals surface area contributed by atoms with Gasteiger partial charge in [-0.25, -0.2) is 4.98 Å². The fourth-order valence-corrected chi connectivity index (χ4v) is 2.38. The molecule has 1 heterocycles. The van der Waals surface area contributed by atoms with Gasteiger partial charge in [-0.3, -0.25) is 0 Å². The lowest BCUT2D eigenvalue weighted by Crippen LogP contribution is -2.09. The second-order valence-electron chi connectivity index (χ2n) is 5.29. The molecule has 3 rings (SSSR count). The minimum absolute atomic E-state index is 0.0108. The molecular formula is C17H16ClN3O. The number of hydrogen-bond donors (Lipinski definition) is 1. The molecule has 0 aliphatic rings. The number of rotatable bonds is 3. The summed E-state index contributed by atoms with van der Waals surface area (Å²) >= 11 is 5.94. The Bertz CT molecular complexity index is 816. The van der Waals surface area contributed by atoms with Crippen molar-refractivity contribution in [2.75, 3.05) is 5.73 Å². The number of nitrogens with zero attached hydrogens (tertiary/aromatic N) is 2. The second kappa shape index (κ2) is 5.81. The van der Waals surface area contributed by atoms with Crippen molar-refractivity contribution >= 4 is 28.5 Å². The second-order valence-corrected chi connectivity index (χ2v) is 5.73. The Morgan fingerprint density at radius 2 is 1.68 bits per heavy atom. The zero-order chi connectivity index (χ0) is 15.7. The van der Waals surface area contributed by atoms with Crippen LogP contribution in [-0.2, 0) is 0 Å². The summed E-state index contributed by atoms with van der Waals surface area (Å²) in [4.78, 5) is 8.47. The highest BCUT2D eigenvalue weighted by molar-refractivity contribution is 6.30. The SMILES string of the molecule is CC(C)Oc1nc(N)nc2ccc(-c3ccc(Cl)cc3)cc12. The largest absolute Gasteiger partial charge is 0.474 e. The predicted octanol–water partition coefficient (Wildman–Crippen LogP) is 4.32. The molecule has 0 saturated carbocycles. The molecule has 22 heavy (non-hydrogen) atoms. The van der Waals surface area contributed by atoms with Gasteiger partial charge >= 0.3 is 0 Å². The van der Waals surface area contributed by atoms with Crippen LogP contribution in [0.1, 0.15) is 13.8 Å². The van der Waals surface area contributed by atoms with Crippen molar-refractivity contribution in [3.63, 3.8) is 0 Å². The third-order valence-corrected chi connectivity index (χ3v) is 3.45. The molecule has 2 N–H and O–H groups in total. The highest BCUT2D eigenvalue weighted by Gasteiger charge is 2.10. The molecule has 0 radical (unpaired) electrons. The van der Waals surface area contributed by atoms with Crippen LogP contribution in [0.15, 0.2) is 42.5 Å². The van der Waals surface area contributed by atoms with E-state index in [-0.39, 0.29) is 12.1 Å². The Morgan fingerprint density at radius 3 is 2.36 bits per heavy atom. The minimum Gasteiger partial charge on any atom is -0.474 e. The van der Waals surface area contributed by atoms with Gasteiger partial charge in [-0.2, -0.15) is 4.98 Å². The number of ether oxygens (including phenoxy) is 1. The van der Waals surface area contributed by atoms with Crippen LogP contribution >= 0.6 is 11.6 Å². The Balaban J connectivity index is 2.15. The maximum atomic E-state index is 5.94. The standard InChI is InChI=1S/C17H16ClN3O/c1-10(2)22-16-14-9-12(11-3-6-13(18)7-4-11)5-8-15(14)20-17(19)21-16/h3-10H,1-2H3,(H2,19,20,21). The number of benzene rings is 2. The van der Waals surface area contributed by atoms with E-state index < -0.39 is 0 Å². The van der Waals surface area contributed by atoms with Crippen LogP contribution < -0.4 is 10.5 Å². The lowest BCUT2D eigenvalue weighted by Gasteiger charge is -2.12. The summed E-state index contributed by atoms with van der Waals surface area (Å²) in [5.74, 6) is 0.718. The summed E-state index contributed by atoms with van der Waals surface area (Å²) in [6.45, 7) is 3.90. The Morgan fingerprint density at radius 1 is 1.00 bits per heavy atom. The molecule has 3 aromatic rings. The summed E-state index contributed by atoms with van der Waals surface area (Å²) in [6.07, 6.45) is 0.0108. The summed E-state index contributed by atoms with van der Waals surface area (Å²) in [5, 5.41) is 1.56. The van der Waals surface area contributed by atoms with E-state index in [1.165, 1.54) is 0 Å². The van der Waals surface area contributed by atoms with E-state index in [1.54, 1.807) is 0 Å². The summed E-state index contributed by atoms with van der Waals surface area (Å²) < 4.78 is 5.77. The lowest BCUT2D eigenvalue weighted by molar-refractivity contribution is 0.236. The lowest BCUT2D eigenvalue weighted by atomic mass is 10.0. The van der Waals surface area contributed by atoms with E-state index in [2.05, 4.69) is 9.97 Å². The van der Waals surface area contributed by atoms with Gasteiger partial charge in [0.1, 0.15) is 0 Å². The van der Waals surface area contributed by atoms with Gasteiger partial charge in [0, 0.05) is 5.02 Å². The number of fused-ring (bicyclic) bond motifs is 1. The third-order valence-electron chi connectivity index (χ3n) is 3.20. The fraction of sp³-hybridized carbons (Fsp3) is 0.176. The molecule has 0 aliphatic carbocycles. The number of halogens is 1.